The van der Waals surface area contributed by atoms with E-state index in [4.69, 9.17) is 11.6 Å². The Hall–Kier alpha value is -1.05. The largest absolute Gasteiger partial charge is 0.397 e. The normalized spacial score (nSPS) is 10.8. The average molecular weight is 275 g/mol. The highest BCUT2D eigenvalue weighted by Crippen LogP contribution is 2.23. The van der Waals surface area contributed by atoms with Gasteiger partial charge in [0, 0.05) is 0 Å². The standard InChI is InChI=1S/C6H6IN5/c7-5-4-3(8)1-12(9)6(4)11-2-10-5/h1-2H,8-9H2. The van der Waals surface area contributed by atoms with Crippen molar-refractivity contribution in [1.82, 2.24) is 14.6 Å². The Morgan fingerprint density at radius 3 is 2.83 bits per heavy atom. The minimum atomic E-state index is 0.609. The number of nitrogens with zero attached hydrogens (tertiary/aromatic N) is 3. The second kappa shape index (κ2) is 2.47. The fourth-order valence-electron chi connectivity index (χ4n) is 1.08. The van der Waals surface area contributed by atoms with Crippen LogP contribution < -0.4 is 11.6 Å². The third kappa shape index (κ3) is 0.909. The molecule has 2 heterocycles. The lowest BCUT2D eigenvalue weighted by molar-refractivity contribution is 1.02. The molecule has 0 atom stereocenters. The fraction of sp³-hybridized carbons (Fsp3) is 0. The molecule has 0 aliphatic rings. The van der Waals surface area contributed by atoms with Crippen molar-refractivity contribution in [2.75, 3.05) is 11.6 Å². The summed E-state index contributed by atoms with van der Waals surface area (Å²) in [5.74, 6) is 5.59. The monoisotopic (exact) mass is 275 g/mol. The summed E-state index contributed by atoms with van der Waals surface area (Å²) in [6.45, 7) is 0. The molecule has 0 radical (unpaired) electrons. The SMILES string of the molecule is Nc1cn(N)c2ncnc(I)c12. The van der Waals surface area contributed by atoms with Crippen molar-refractivity contribution in [3.05, 3.63) is 16.2 Å². The molecule has 12 heavy (non-hydrogen) atoms. The molecule has 2 aromatic rings. The molecular formula is C6H6IN5. The highest BCUT2D eigenvalue weighted by atomic mass is 127. The summed E-state index contributed by atoms with van der Waals surface area (Å²) in [5.41, 5.74) is 6.96. The van der Waals surface area contributed by atoms with Crippen LogP contribution in [0.2, 0.25) is 0 Å². The first-order valence-electron chi connectivity index (χ1n) is 3.22. The lowest BCUT2D eigenvalue weighted by Gasteiger charge is -1.94. The Kier molecular flexibility index (Phi) is 1.56. The van der Waals surface area contributed by atoms with E-state index in [-0.39, 0.29) is 0 Å². The molecule has 0 bridgehead atoms. The zero-order valence-electron chi connectivity index (χ0n) is 6.03. The first-order chi connectivity index (χ1) is 5.70. The quantitative estimate of drug-likeness (QED) is 0.412. The minimum Gasteiger partial charge on any atom is -0.397 e. The summed E-state index contributed by atoms with van der Waals surface area (Å²) >= 11 is 2.10. The van der Waals surface area contributed by atoms with Crippen molar-refractivity contribution in [2.45, 2.75) is 0 Å². The summed E-state index contributed by atoms with van der Waals surface area (Å²) in [4.78, 5) is 8.01. The zero-order chi connectivity index (χ0) is 8.72. The van der Waals surface area contributed by atoms with Gasteiger partial charge < -0.3 is 11.6 Å². The average Bonchev–Trinajstić information content (AvgIpc) is 2.29. The van der Waals surface area contributed by atoms with E-state index >= 15 is 0 Å². The summed E-state index contributed by atoms with van der Waals surface area (Å²) in [7, 11) is 0. The lowest BCUT2D eigenvalue weighted by atomic mass is 10.4. The van der Waals surface area contributed by atoms with Crippen molar-refractivity contribution < 1.29 is 0 Å². The smallest absolute Gasteiger partial charge is 0.164 e. The maximum Gasteiger partial charge on any atom is 0.164 e. The van der Waals surface area contributed by atoms with Gasteiger partial charge in [-0.2, -0.15) is 0 Å². The van der Waals surface area contributed by atoms with E-state index in [1.54, 1.807) is 6.20 Å². The third-order valence-electron chi connectivity index (χ3n) is 1.59. The molecule has 0 unspecified atom stereocenters. The number of rotatable bonds is 0. The van der Waals surface area contributed by atoms with E-state index in [9.17, 15) is 0 Å². The summed E-state index contributed by atoms with van der Waals surface area (Å²) in [5, 5.41) is 0.820. The second-order valence-corrected chi connectivity index (χ2v) is 3.38. The number of hydrogen-bond donors (Lipinski definition) is 2. The number of nitrogen functional groups attached to an aromatic ring is 2. The van der Waals surface area contributed by atoms with Crippen LogP contribution >= 0.6 is 22.6 Å². The number of nitrogens with two attached hydrogens (primary N) is 2. The molecule has 0 saturated heterocycles. The Bertz CT molecular complexity index is 435. The van der Waals surface area contributed by atoms with Crippen molar-refractivity contribution in [3.63, 3.8) is 0 Å². The second-order valence-electron chi connectivity index (χ2n) is 2.35. The number of aromatic nitrogens is 3. The van der Waals surface area contributed by atoms with Crippen LogP contribution in [0.1, 0.15) is 0 Å². The first kappa shape index (κ1) is 7.59. The van der Waals surface area contributed by atoms with E-state index in [0.29, 0.717) is 11.3 Å². The zero-order valence-corrected chi connectivity index (χ0v) is 8.19. The highest BCUT2D eigenvalue weighted by Gasteiger charge is 2.08. The predicted octanol–water partition coefficient (Wildman–Crippen LogP) is 0.332. The van der Waals surface area contributed by atoms with Gasteiger partial charge in [-0.15, -0.1) is 0 Å². The highest BCUT2D eigenvalue weighted by molar-refractivity contribution is 14.1. The van der Waals surface area contributed by atoms with Gasteiger partial charge in [0.2, 0.25) is 0 Å². The van der Waals surface area contributed by atoms with Gasteiger partial charge in [0.25, 0.3) is 0 Å². The fourth-order valence-corrected chi connectivity index (χ4v) is 1.75. The molecule has 2 rings (SSSR count). The Morgan fingerprint density at radius 2 is 2.17 bits per heavy atom. The lowest BCUT2D eigenvalue weighted by Crippen LogP contribution is -2.06. The maximum atomic E-state index is 5.69. The molecule has 0 aromatic carbocycles. The minimum absolute atomic E-state index is 0.609. The van der Waals surface area contributed by atoms with Gasteiger partial charge in [-0.25, -0.2) is 14.6 Å². The summed E-state index contributed by atoms with van der Waals surface area (Å²) in [6.07, 6.45) is 3.09. The molecule has 0 aliphatic heterocycles. The first-order valence-corrected chi connectivity index (χ1v) is 4.30. The van der Waals surface area contributed by atoms with Crippen molar-refractivity contribution in [1.29, 1.82) is 0 Å². The van der Waals surface area contributed by atoms with Crippen LogP contribution in [0, 0.1) is 3.70 Å². The van der Waals surface area contributed by atoms with Crippen LogP contribution in [0.15, 0.2) is 12.5 Å². The van der Waals surface area contributed by atoms with Crippen molar-refractivity contribution in [3.8, 4) is 0 Å². The van der Waals surface area contributed by atoms with Crippen LogP contribution in [-0.2, 0) is 0 Å². The molecule has 5 nitrogen and oxygen atoms in total. The van der Waals surface area contributed by atoms with E-state index in [1.807, 2.05) is 0 Å². The molecule has 4 N–H and O–H groups in total. The maximum absolute atomic E-state index is 5.69. The topological polar surface area (TPSA) is 82.8 Å². The molecule has 0 fully saturated rings. The van der Waals surface area contributed by atoms with E-state index in [1.165, 1.54) is 11.0 Å². The Balaban J connectivity index is 2.99. The van der Waals surface area contributed by atoms with Gasteiger partial charge in [0.05, 0.1) is 17.3 Å². The van der Waals surface area contributed by atoms with Crippen molar-refractivity contribution in [2.24, 2.45) is 0 Å². The van der Waals surface area contributed by atoms with Gasteiger partial charge in [-0.3, -0.25) is 0 Å². The predicted molar refractivity (Wildman–Crippen MR) is 54.8 cm³/mol. The number of halogens is 1. The van der Waals surface area contributed by atoms with E-state index in [2.05, 4.69) is 32.6 Å². The number of fused-ring (bicyclic) bond motifs is 1. The number of hydrogen-bond acceptors (Lipinski definition) is 4. The molecule has 0 saturated carbocycles. The van der Waals surface area contributed by atoms with Gasteiger partial charge in [0.15, 0.2) is 5.65 Å². The molecule has 6 heteroatoms. The van der Waals surface area contributed by atoms with Gasteiger partial charge in [-0.05, 0) is 22.6 Å². The van der Waals surface area contributed by atoms with E-state index in [0.717, 1.165) is 9.09 Å². The van der Waals surface area contributed by atoms with Gasteiger partial charge in [-0.1, -0.05) is 0 Å². The van der Waals surface area contributed by atoms with Crippen molar-refractivity contribution >= 4 is 39.3 Å². The third-order valence-corrected chi connectivity index (χ3v) is 2.41. The Labute approximate surface area is 81.9 Å². The molecule has 0 aliphatic carbocycles. The molecule has 2 aromatic heterocycles. The van der Waals surface area contributed by atoms with E-state index < -0.39 is 0 Å². The molecule has 0 spiro atoms. The van der Waals surface area contributed by atoms with Gasteiger partial charge >= 0.3 is 0 Å². The Morgan fingerprint density at radius 1 is 1.42 bits per heavy atom. The summed E-state index contributed by atoms with van der Waals surface area (Å²) < 4.78 is 2.22. The number of anilines is 1. The van der Waals surface area contributed by atoms with Crippen LogP contribution in [0.25, 0.3) is 11.0 Å². The molecule has 0 amide bonds. The van der Waals surface area contributed by atoms with Crippen LogP contribution in [0.3, 0.4) is 0 Å². The molecular weight excluding hydrogens is 269 g/mol. The van der Waals surface area contributed by atoms with Crippen LogP contribution in [-0.4, -0.2) is 14.6 Å². The van der Waals surface area contributed by atoms with Crippen LogP contribution in [0.5, 0.6) is 0 Å². The van der Waals surface area contributed by atoms with Gasteiger partial charge in [0.1, 0.15) is 10.0 Å². The molecule has 62 valence electrons. The van der Waals surface area contributed by atoms with Crippen LogP contribution in [0.4, 0.5) is 5.69 Å². The summed E-state index contributed by atoms with van der Waals surface area (Å²) in [6, 6.07) is 0.